The van der Waals surface area contributed by atoms with Crippen molar-refractivity contribution < 1.29 is 14.3 Å². The Kier molecular flexibility index (Phi) is 8.68. The lowest BCUT2D eigenvalue weighted by atomic mass is 10.1. The first-order chi connectivity index (χ1) is 16.3. The van der Waals surface area contributed by atoms with Crippen molar-refractivity contribution in [3.05, 3.63) is 64.2 Å². The van der Waals surface area contributed by atoms with Gasteiger partial charge in [-0.2, -0.15) is 0 Å². The number of ketones is 1. The molecule has 3 rings (SSSR count). The number of nitrogens with zero attached hydrogens (tertiary/aromatic N) is 4. The van der Waals surface area contributed by atoms with Gasteiger partial charge >= 0.3 is 5.97 Å². The van der Waals surface area contributed by atoms with Crippen LogP contribution in [0.4, 0.5) is 0 Å². The first-order valence-electron chi connectivity index (χ1n) is 11.4. The predicted molar refractivity (Wildman–Crippen MR) is 134 cm³/mol. The number of nitrogens with one attached hydrogen (secondary N) is 1. The van der Waals surface area contributed by atoms with Gasteiger partial charge in [0.05, 0.1) is 24.9 Å². The van der Waals surface area contributed by atoms with E-state index >= 15 is 0 Å². The summed E-state index contributed by atoms with van der Waals surface area (Å²) in [7, 11) is 4.06. The Labute approximate surface area is 205 Å². The molecule has 1 aromatic carbocycles. The monoisotopic (exact) mass is 483 g/mol. The van der Waals surface area contributed by atoms with E-state index in [1.54, 1.807) is 20.8 Å². The zero-order valence-electron chi connectivity index (χ0n) is 20.7. The van der Waals surface area contributed by atoms with Crippen molar-refractivity contribution in [1.29, 1.82) is 0 Å². The molecule has 3 aromatic rings. The van der Waals surface area contributed by atoms with Crippen LogP contribution in [0, 0.1) is 13.8 Å². The second kappa shape index (κ2) is 11.5. The second-order valence-electron chi connectivity index (χ2n) is 8.36. The smallest absolute Gasteiger partial charge is 0.355 e. The third-order valence-electron chi connectivity index (χ3n) is 5.77. The molecule has 0 saturated carbocycles. The molecule has 0 spiro atoms. The summed E-state index contributed by atoms with van der Waals surface area (Å²) >= 11 is 1.37. The maximum atomic E-state index is 13.2. The number of thioether (sulfide) groups is 1. The fraction of sp³-hybridized carbons (Fsp3) is 0.440. The number of rotatable bonds is 11. The SMILES string of the molecule is CCOC(=O)c1[nH]c(C)c(C(=O)CSc2nnc(C(CC)N(C)C)n2Cc2ccccc2)c1C. The molecule has 1 unspecified atom stereocenters. The molecule has 0 aliphatic carbocycles. The first kappa shape index (κ1) is 25.7. The van der Waals surface area contributed by atoms with Crippen molar-refractivity contribution in [2.24, 2.45) is 0 Å². The van der Waals surface area contributed by atoms with Gasteiger partial charge in [-0.3, -0.25) is 9.69 Å². The van der Waals surface area contributed by atoms with E-state index in [1.807, 2.05) is 32.3 Å². The molecule has 8 nitrogen and oxygen atoms in total. The number of aryl methyl sites for hydroxylation is 1. The predicted octanol–water partition coefficient (Wildman–Crippen LogP) is 4.44. The van der Waals surface area contributed by atoms with Gasteiger partial charge in [0.2, 0.25) is 0 Å². The highest BCUT2D eigenvalue weighted by Crippen LogP contribution is 2.28. The zero-order valence-corrected chi connectivity index (χ0v) is 21.5. The molecule has 0 fully saturated rings. The maximum absolute atomic E-state index is 13.2. The van der Waals surface area contributed by atoms with Crippen molar-refractivity contribution >= 4 is 23.5 Å². The van der Waals surface area contributed by atoms with Crippen LogP contribution < -0.4 is 0 Å². The minimum absolute atomic E-state index is 0.0674. The van der Waals surface area contributed by atoms with Crippen LogP contribution in [0.3, 0.4) is 0 Å². The van der Waals surface area contributed by atoms with Gasteiger partial charge in [0.25, 0.3) is 0 Å². The van der Waals surface area contributed by atoms with E-state index in [9.17, 15) is 9.59 Å². The van der Waals surface area contributed by atoms with Crippen LogP contribution in [-0.4, -0.2) is 62.9 Å². The van der Waals surface area contributed by atoms with Gasteiger partial charge in [0, 0.05) is 11.3 Å². The lowest BCUT2D eigenvalue weighted by molar-refractivity contribution is 0.0519. The molecule has 0 aliphatic heterocycles. The van der Waals surface area contributed by atoms with Crippen LogP contribution in [0.1, 0.15) is 69.8 Å². The molecular formula is C25H33N5O3S. The molecule has 182 valence electrons. The molecule has 9 heteroatoms. The molecule has 0 aliphatic rings. The minimum atomic E-state index is -0.448. The second-order valence-corrected chi connectivity index (χ2v) is 9.30. The van der Waals surface area contributed by atoms with Gasteiger partial charge in [0.1, 0.15) is 5.69 Å². The van der Waals surface area contributed by atoms with Crippen LogP contribution >= 0.6 is 11.8 Å². The molecule has 0 radical (unpaired) electrons. The summed E-state index contributed by atoms with van der Waals surface area (Å²) in [5, 5.41) is 9.66. The molecule has 2 heterocycles. The zero-order chi connectivity index (χ0) is 24.8. The van der Waals surface area contributed by atoms with E-state index in [0.29, 0.717) is 34.2 Å². The lowest BCUT2D eigenvalue weighted by Crippen LogP contribution is -2.23. The third-order valence-corrected chi connectivity index (χ3v) is 6.73. The van der Waals surface area contributed by atoms with Crippen LogP contribution in [-0.2, 0) is 11.3 Å². The Bertz CT molecular complexity index is 1140. The molecule has 0 amide bonds. The van der Waals surface area contributed by atoms with E-state index in [4.69, 9.17) is 4.74 Å². The highest BCUT2D eigenvalue weighted by molar-refractivity contribution is 7.99. The van der Waals surface area contributed by atoms with E-state index in [2.05, 4.69) is 43.7 Å². The number of carbonyl (C=O) groups is 2. The van der Waals surface area contributed by atoms with Crippen LogP contribution in [0.2, 0.25) is 0 Å². The maximum Gasteiger partial charge on any atom is 0.355 e. The highest BCUT2D eigenvalue weighted by atomic mass is 32.2. The number of carbonyl (C=O) groups excluding carboxylic acids is 2. The number of benzene rings is 1. The number of ether oxygens (including phenoxy) is 1. The fourth-order valence-corrected chi connectivity index (χ4v) is 4.94. The Hall–Kier alpha value is -2.91. The highest BCUT2D eigenvalue weighted by Gasteiger charge is 2.25. The van der Waals surface area contributed by atoms with Gasteiger partial charge in [-0.25, -0.2) is 4.79 Å². The fourth-order valence-electron chi connectivity index (χ4n) is 4.12. The Balaban J connectivity index is 1.86. The quantitative estimate of drug-likeness (QED) is 0.245. The number of hydrogen-bond acceptors (Lipinski definition) is 7. The summed E-state index contributed by atoms with van der Waals surface area (Å²) < 4.78 is 7.20. The Morgan fingerprint density at radius 2 is 1.85 bits per heavy atom. The molecule has 1 N–H and O–H groups in total. The topological polar surface area (TPSA) is 93.1 Å². The van der Waals surface area contributed by atoms with Crippen LogP contribution in [0.25, 0.3) is 0 Å². The third kappa shape index (κ3) is 5.59. The van der Waals surface area contributed by atoms with Gasteiger partial charge in [-0.05, 0) is 52.4 Å². The number of H-pyrrole nitrogens is 1. The summed E-state index contributed by atoms with van der Waals surface area (Å²) in [6.45, 7) is 8.35. The first-order valence-corrected chi connectivity index (χ1v) is 12.4. The average molecular weight is 484 g/mol. The number of aromatic amines is 1. The number of esters is 1. The molecule has 1 atom stereocenters. The standard InChI is InChI=1S/C25H33N5O3S/c1-7-19(29(5)6)23-27-28-25(30(23)14-18-12-10-9-11-13-18)34-15-20(31)21-16(3)22(26-17(21)4)24(32)33-8-2/h9-13,19,26H,7-8,14-15H2,1-6H3. The van der Waals surface area contributed by atoms with Gasteiger partial charge in [0.15, 0.2) is 16.8 Å². The Morgan fingerprint density at radius 3 is 2.47 bits per heavy atom. The van der Waals surface area contributed by atoms with Crippen LogP contribution in [0.5, 0.6) is 0 Å². The molecule has 0 bridgehead atoms. The molecular weight excluding hydrogens is 450 g/mol. The lowest BCUT2D eigenvalue weighted by Gasteiger charge is -2.23. The summed E-state index contributed by atoms with van der Waals surface area (Å²) in [6, 6.07) is 10.3. The minimum Gasteiger partial charge on any atom is -0.461 e. The number of aromatic nitrogens is 4. The van der Waals surface area contributed by atoms with Crippen LogP contribution in [0.15, 0.2) is 35.5 Å². The Morgan fingerprint density at radius 1 is 1.15 bits per heavy atom. The van der Waals surface area contributed by atoms with E-state index < -0.39 is 5.97 Å². The summed E-state index contributed by atoms with van der Waals surface area (Å²) in [4.78, 5) is 30.5. The van der Waals surface area contributed by atoms with Gasteiger partial charge < -0.3 is 14.3 Å². The largest absolute Gasteiger partial charge is 0.461 e. The molecule has 2 aromatic heterocycles. The number of Topliss-reactive ketones (excluding diaryl/α,β-unsaturated/α-hetero) is 1. The van der Waals surface area contributed by atoms with E-state index in [0.717, 1.165) is 17.8 Å². The summed E-state index contributed by atoms with van der Waals surface area (Å²) in [5.74, 6) is 0.552. The van der Waals surface area contributed by atoms with E-state index in [1.165, 1.54) is 11.8 Å². The summed E-state index contributed by atoms with van der Waals surface area (Å²) in [5.41, 5.74) is 3.29. The summed E-state index contributed by atoms with van der Waals surface area (Å²) in [6.07, 6.45) is 0.891. The van der Waals surface area contributed by atoms with Gasteiger partial charge in [-0.15, -0.1) is 10.2 Å². The van der Waals surface area contributed by atoms with Crippen molar-refractivity contribution in [3.8, 4) is 0 Å². The van der Waals surface area contributed by atoms with Gasteiger partial charge in [-0.1, -0.05) is 49.0 Å². The normalized spacial score (nSPS) is 12.2. The number of hydrogen-bond donors (Lipinski definition) is 1. The average Bonchev–Trinajstić information content (AvgIpc) is 3.33. The molecule has 34 heavy (non-hydrogen) atoms. The van der Waals surface area contributed by atoms with E-state index in [-0.39, 0.29) is 24.2 Å². The van der Waals surface area contributed by atoms with Crippen molar-refractivity contribution in [2.75, 3.05) is 26.5 Å². The van der Waals surface area contributed by atoms with Crippen molar-refractivity contribution in [1.82, 2.24) is 24.6 Å². The van der Waals surface area contributed by atoms with Crippen molar-refractivity contribution in [2.45, 2.75) is 51.9 Å². The van der Waals surface area contributed by atoms with Crippen molar-refractivity contribution in [3.63, 3.8) is 0 Å². The molecule has 0 saturated heterocycles.